The fourth-order valence-electron chi connectivity index (χ4n) is 1.18. The number of aromatic nitrogens is 1. The van der Waals surface area contributed by atoms with Crippen LogP contribution in [0.4, 0.5) is 0 Å². The van der Waals surface area contributed by atoms with Gasteiger partial charge in [0.15, 0.2) is 0 Å². The quantitative estimate of drug-likeness (QED) is 0.780. The van der Waals surface area contributed by atoms with E-state index in [4.69, 9.17) is 29.1 Å². The van der Waals surface area contributed by atoms with Crippen LogP contribution in [0.25, 0.3) is 11.3 Å². The largest absolute Gasteiger partial charge is 0.345 e. The highest BCUT2D eigenvalue weighted by molar-refractivity contribution is 7.71. The number of halogens is 1. The maximum atomic E-state index is 8.73. The molecule has 2 rings (SSSR count). The van der Waals surface area contributed by atoms with Gasteiger partial charge in [0.05, 0.1) is 9.90 Å². The first-order chi connectivity index (χ1) is 7.20. The smallest absolute Gasteiger partial charge is 0.121 e. The van der Waals surface area contributed by atoms with Crippen LogP contribution in [-0.2, 0) is 0 Å². The Labute approximate surface area is 101 Å². The van der Waals surface area contributed by atoms with Crippen LogP contribution in [0.15, 0.2) is 23.6 Å². The summed E-state index contributed by atoms with van der Waals surface area (Å²) in [7, 11) is 0. The summed E-state index contributed by atoms with van der Waals surface area (Å²) in [5.74, 6) is 0. The Balaban J connectivity index is 2.53. The number of pyridine rings is 1. The Morgan fingerprint density at radius 1 is 1.47 bits per heavy atom. The van der Waals surface area contributed by atoms with Crippen molar-refractivity contribution in [2.45, 2.75) is 0 Å². The number of aromatic amines is 1. The van der Waals surface area contributed by atoms with Crippen molar-refractivity contribution in [2.75, 3.05) is 0 Å². The van der Waals surface area contributed by atoms with Crippen LogP contribution in [0, 0.1) is 16.0 Å². The minimum Gasteiger partial charge on any atom is -0.345 e. The third-order valence-corrected chi connectivity index (χ3v) is 3.32. The van der Waals surface area contributed by atoms with E-state index < -0.39 is 0 Å². The predicted molar refractivity (Wildman–Crippen MR) is 64.7 cm³/mol. The second-order valence-corrected chi connectivity index (χ2v) is 4.82. The van der Waals surface area contributed by atoms with E-state index in [1.807, 2.05) is 23.6 Å². The average Bonchev–Trinajstić information content (AvgIpc) is 2.65. The molecule has 74 valence electrons. The van der Waals surface area contributed by atoms with Gasteiger partial charge in [0, 0.05) is 16.6 Å². The zero-order valence-corrected chi connectivity index (χ0v) is 9.84. The minimum atomic E-state index is 0.456. The summed E-state index contributed by atoms with van der Waals surface area (Å²) in [5, 5.41) is 10.7. The first-order valence-electron chi connectivity index (χ1n) is 4.08. The van der Waals surface area contributed by atoms with Gasteiger partial charge in [0.1, 0.15) is 10.7 Å². The van der Waals surface area contributed by atoms with Crippen LogP contribution in [0.3, 0.4) is 0 Å². The Kier molecular flexibility index (Phi) is 2.87. The van der Waals surface area contributed by atoms with Crippen LogP contribution in [0.5, 0.6) is 0 Å². The van der Waals surface area contributed by atoms with E-state index in [-0.39, 0.29) is 0 Å². The van der Waals surface area contributed by atoms with Crippen molar-refractivity contribution in [3.05, 3.63) is 38.1 Å². The molecule has 2 aromatic rings. The van der Waals surface area contributed by atoms with E-state index >= 15 is 0 Å². The first-order valence-corrected chi connectivity index (χ1v) is 5.75. The number of thiophene rings is 1. The average molecular weight is 253 g/mol. The fraction of sp³-hybridized carbons (Fsp3) is 0. The van der Waals surface area contributed by atoms with Gasteiger partial charge in [-0.3, -0.25) is 0 Å². The van der Waals surface area contributed by atoms with E-state index in [0.717, 1.165) is 15.6 Å². The molecule has 0 atom stereocenters. The number of nitrogens with one attached hydrogen (secondary N) is 1. The van der Waals surface area contributed by atoms with Gasteiger partial charge >= 0.3 is 0 Å². The molecule has 0 radical (unpaired) electrons. The van der Waals surface area contributed by atoms with E-state index in [0.29, 0.717) is 10.2 Å². The Hall–Kier alpha value is -1.15. The normalized spacial score (nSPS) is 9.87. The molecule has 0 bridgehead atoms. The van der Waals surface area contributed by atoms with Crippen LogP contribution in [0.2, 0.25) is 4.34 Å². The molecule has 0 aliphatic heterocycles. The van der Waals surface area contributed by atoms with Crippen molar-refractivity contribution in [1.29, 1.82) is 5.26 Å². The fourth-order valence-corrected chi connectivity index (χ4v) is 2.29. The summed E-state index contributed by atoms with van der Waals surface area (Å²) in [4.78, 5) is 3.00. The summed E-state index contributed by atoms with van der Waals surface area (Å²) in [5.41, 5.74) is 2.35. The first kappa shape index (κ1) is 10.4. The van der Waals surface area contributed by atoms with Gasteiger partial charge in [-0.2, -0.15) is 5.26 Å². The second-order valence-electron chi connectivity index (χ2n) is 2.87. The lowest BCUT2D eigenvalue weighted by atomic mass is 10.2. The van der Waals surface area contributed by atoms with Crippen molar-refractivity contribution in [2.24, 2.45) is 0 Å². The highest BCUT2D eigenvalue weighted by Crippen LogP contribution is 2.27. The molecule has 0 aliphatic carbocycles. The standard InChI is InChI=1S/C10H5ClN2S2/c11-9-3-7(5-15-9)8-2-1-6(4-12)10(14)13-8/h1-3,5H,(H,13,14). The topological polar surface area (TPSA) is 39.6 Å². The number of hydrogen-bond acceptors (Lipinski definition) is 3. The summed E-state index contributed by atoms with van der Waals surface area (Å²) < 4.78 is 1.19. The Morgan fingerprint density at radius 3 is 2.80 bits per heavy atom. The van der Waals surface area contributed by atoms with Gasteiger partial charge in [0.25, 0.3) is 0 Å². The lowest BCUT2D eigenvalue weighted by molar-refractivity contribution is 1.28. The molecule has 2 aromatic heterocycles. The number of nitrogens with zero attached hydrogens (tertiary/aromatic N) is 1. The highest BCUT2D eigenvalue weighted by atomic mass is 35.5. The summed E-state index contributed by atoms with van der Waals surface area (Å²) in [6.07, 6.45) is 0. The molecule has 0 aliphatic rings. The van der Waals surface area contributed by atoms with Crippen LogP contribution >= 0.6 is 35.2 Å². The van der Waals surface area contributed by atoms with Gasteiger partial charge in [0.2, 0.25) is 0 Å². The number of nitriles is 1. The molecule has 0 spiro atoms. The van der Waals surface area contributed by atoms with E-state index in [9.17, 15) is 0 Å². The van der Waals surface area contributed by atoms with Crippen LogP contribution in [-0.4, -0.2) is 4.98 Å². The van der Waals surface area contributed by atoms with Gasteiger partial charge in [-0.15, -0.1) is 11.3 Å². The number of rotatable bonds is 1. The molecular formula is C10H5ClN2S2. The van der Waals surface area contributed by atoms with Gasteiger partial charge in [-0.05, 0) is 18.2 Å². The maximum Gasteiger partial charge on any atom is 0.121 e. The zero-order valence-electron chi connectivity index (χ0n) is 7.45. The lowest BCUT2D eigenvalue weighted by Gasteiger charge is -1.98. The molecule has 15 heavy (non-hydrogen) atoms. The number of hydrogen-bond donors (Lipinski definition) is 1. The van der Waals surface area contributed by atoms with Crippen molar-refractivity contribution in [3.63, 3.8) is 0 Å². The van der Waals surface area contributed by atoms with E-state index in [2.05, 4.69) is 4.98 Å². The van der Waals surface area contributed by atoms with Gasteiger partial charge in [-0.1, -0.05) is 23.8 Å². The molecule has 2 nitrogen and oxygen atoms in total. The molecule has 0 unspecified atom stereocenters. The van der Waals surface area contributed by atoms with E-state index in [1.54, 1.807) is 6.07 Å². The molecule has 0 saturated carbocycles. The minimum absolute atomic E-state index is 0.456. The molecule has 0 amide bonds. The third-order valence-electron chi connectivity index (χ3n) is 1.91. The third kappa shape index (κ3) is 2.10. The van der Waals surface area contributed by atoms with Crippen molar-refractivity contribution in [1.82, 2.24) is 4.98 Å². The summed E-state index contributed by atoms with van der Waals surface area (Å²) >= 11 is 12.3. The summed E-state index contributed by atoms with van der Waals surface area (Å²) in [6.45, 7) is 0. The molecule has 1 N–H and O–H groups in total. The number of H-pyrrole nitrogens is 1. The lowest BCUT2D eigenvalue weighted by Crippen LogP contribution is -1.85. The summed E-state index contributed by atoms with van der Waals surface area (Å²) in [6, 6.07) is 7.41. The predicted octanol–water partition coefficient (Wildman–Crippen LogP) is 4.00. The molecule has 0 aromatic carbocycles. The SMILES string of the molecule is N#Cc1ccc(-c2csc(Cl)c2)[nH]c1=S. The Morgan fingerprint density at radius 2 is 2.27 bits per heavy atom. The zero-order chi connectivity index (χ0) is 10.8. The van der Waals surface area contributed by atoms with Crippen molar-refractivity contribution in [3.8, 4) is 17.3 Å². The second kappa shape index (κ2) is 4.15. The van der Waals surface area contributed by atoms with Gasteiger partial charge in [-0.25, -0.2) is 0 Å². The molecule has 2 heterocycles. The highest BCUT2D eigenvalue weighted by Gasteiger charge is 2.02. The van der Waals surface area contributed by atoms with Crippen LogP contribution < -0.4 is 0 Å². The van der Waals surface area contributed by atoms with Crippen LogP contribution in [0.1, 0.15) is 5.56 Å². The van der Waals surface area contributed by atoms with E-state index in [1.165, 1.54) is 11.3 Å². The molecular weight excluding hydrogens is 248 g/mol. The maximum absolute atomic E-state index is 8.73. The van der Waals surface area contributed by atoms with Gasteiger partial charge < -0.3 is 4.98 Å². The monoisotopic (exact) mass is 252 g/mol. The van der Waals surface area contributed by atoms with Crippen molar-refractivity contribution < 1.29 is 0 Å². The Bertz CT molecular complexity index is 592. The molecule has 0 fully saturated rings. The van der Waals surface area contributed by atoms with Crippen molar-refractivity contribution >= 4 is 35.2 Å². The molecule has 5 heteroatoms. The molecule has 0 saturated heterocycles.